The summed E-state index contributed by atoms with van der Waals surface area (Å²) in [6.45, 7) is -0.554. The first kappa shape index (κ1) is 16.5. The van der Waals surface area contributed by atoms with Gasteiger partial charge in [-0.1, -0.05) is 0 Å². The monoisotopic (exact) mass is 356 g/mol. The van der Waals surface area contributed by atoms with Crippen LogP contribution in [0.15, 0.2) is 0 Å². The Kier molecular flexibility index (Phi) is 3.84. The first-order valence-electron chi connectivity index (χ1n) is 6.90. The number of fused-ring (bicyclic) bond motifs is 1. The minimum absolute atomic E-state index is 0.153. The third-order valence-corrected chi connectivity index (χ3v) is 5.74. The number of esters is 2. The summed E-state index contributed by atoms with van der Waals surface area (Å²) in [6, 6.07) is 0. The van der Waals surface area contributed by atoms with Crippen LogP contribution in [0.1, 0.15) is 13.3 Å². The van der Waals surface area contributed by atoms with Crippen molar-refractivity contribution >= 4 is 22.1 Å². The largest absolute Gasteiger partial charge is 0.462 e. The highest BCUT2D eigenvalue weighted by atomic mass is 32.2. The van der Waals surface area contributed by atoms with Gasteiger partial charge in [0.2, 0.25) is 0 Å². The molecule has 8 nitrogen and oxygen atoms in total. The lowest BCUT2D eigenvalue weighted by atomic mass is 9.86. The van der Waals surface area contributed by atoms with E-state index in [1.807, 2.05) is 0 Å². The predicted molar refractivity (Wildman–Crippen MR) is 66.9 cm³/mol. The van der Waals surface area contributed by atoms with Crippen molar-refractivity contribution in [3.63, 3.8) is 0 Å². The molecule has 0 spiro atoms. The summed E-state index contributed by atoms with van der Waals surface area (Å²) in [5.74, 6) is -7.00. The van der Waals surface area contributed by atoms with Crippen molar-refractivity contribution in [3.8, 4) is 0 Å². The van der Waals surface area contributed by atoms with E-state index in [9.17, 15) is 26.8 Å². The number of ether oxygens (including phenoxy) is 3. The molecule has 0 saturated carbocycles. The normalized spacial score (nSPS) is 36.9. The van der Waals surface area contributed by atoms with Crippen LogP contribution in [0.5, 0.6) is 0 Å². The summed E-state index contributed by atoms with van der Waals surface area (Å²) >= 11 is 0. The molecule has 3 saturated heterocycles. The first-order valence-corrected chi connectivity index (χ1v) is 8.37. The second kappa shape index (κ2) is 5.35. The lowest BCUT2D eigenvalue weighted by Crippen LogP contribution is -2.40. The highest BCUT2D eigenvalue weighted by Gasteiger charge is 2.67. The molecule has 2 bridgehead atoms. The number of carbonyl (C=O) groups is 2. The zero-order valence-corrected chi connectivity index (χ0v) is 12.8. The van der Waals surface area contributed by atoms with E-state index in [1.165, 1.54) is 0 Å². The van der Waals surface area contributed by atoms with E-state index in [1.54, 1.807) is 0 Å². The van der Waals surface area contributed by atoms with Gasteiger partial charge in [0.15, 0.2) is 0 Å². The second-order valence-electron chi connectivity index (χ2n) is 5.68. The summed E-state index contributed by atoms with van der Waals surface area (Å²) in [7, 11) is -3.74. The molecule has 23 heavy (non-hydrogen) atoms. The van der Waals surface area contributed by atoms with Gasteiger partial charge in [-0.15, -0.1) is 0 Å². The van der Waals surface area contributed by atoms with Gasteiger partial charge in [0, 0.05) is 6.92 Å². The van der Waals surface area contributed by atoms with Crippen molar-refractivity contribution in [3.05, 3.63) is 0 Å². The molecule has 3 aliphatic rings. The van der Waals surface area contributed by atoms with Gasteiger partial charge < -0.3 is 14.2 Å². The third-order valence-electron chi connectivity index (χ3n) is 4.05. The van der Waals surface area contributed by atoms with Crippen molar-refractivity contribution < 1.29 is 45.2 Å². The van der Waals surface area contributed by atoms with E-state index in [0.717, 1.165) is 0 Å². The quantitative estimate of drug-likeness (QED) is 0.373. The fourth-order valence-electron chi connectivity index (χ4n) is 3.05. The SMILES string of the molecule is CC(F)(F)C(=O)OCCOC(=O)C1C2CC3C(O2)C1OS3(=O)=O. The zero-order valence-electron chi connectivity index (χ0n) is 11.9. The fourth-order valence-corrected chi connectivity index (χ4v) is 4.71. The number of carbonyl (C=O) groups excluding carboxylic acids is 2. The highest BCUT2D eigenvalue weighted by molar-refractivity contribution is 7.87. The molecule has 0 aliphatic carbocycles. The van der Waals surface area contributed by atoms with Crippen LogP contribution in [-0.4, -0.2) is 63.1 Å². The van der Waals surface area contributed by atoms with Crippen LogP contribution in [0.25, 0.3) is 0 Å². The van der Waals surface area contributed by atoms with Crippen LogP contribution < -0.4 is 0 Å². The molecule has 0 aromatic carbocycles. The molecule has 11 heteroatoms. The molecule has 0 aromatic rings. The lowest BCUT2D eigenvalue weighted by Gasteiger charge is -2.20. The minimum Gasteiger partial charge on any atom is -0.462 e. The van der Waals surface area contributed by atoms with Crippen LogP contribution in [0, 0.1) is 5.92 Å². The van der Waals surface area contributed by atoms with E-state index in [0.29, 0.717) is 6.92 Å². The van der Waals surface area contributed by atoms with Gasteiger partial charge in [-0.2, -0.15) is 17.2 Å². The summed E-state index contributed by atoms with van der Waals surface area (Å²) in [5, 5.41) is -0.755. The average molecular weight is 356 g/mol. The van der Waals surface area contributed by atoms with Crippen LogP contribution in [-0.2, 0) is 38.1 Å². The maximum Gasteiger partial charge on any atom is 0.376 e. The molecule has 5 unspecified atom stereocenters. The number of hydrogen-bond donors (Lipinski definition) is 0. The summed E-state index contributed by atoms with van der Waals surface area (Å²) in [5.41, 5.74) is 0. The highest BCUT2D eigenvalue weighted by Crippen LogP contribution is 2.50. The summed E-state index contributed by atoms with van der Waals surface area (Å²) < 4.78 is 67.9. The van der Waals surface area contributed by atoms with Crippen molar-refractivity contribution in [2.24, 2.45) is 5.92 Å². The molecule has 0 N–H and O–H groups in total. The van der Waals surface area contributed by atoms with Crippen molar-refractivity contribution in [1.82, 2.24) is 0 Å². The fraction of sp³-hybridized carbons (Fsp3) is 0.833. The minimum atomic E-state index is -3.74. The maximum atomic E-state index is 12.6. The Balaban J connectivity index is 1.50. The maximum absolute atomic E-state index is 12.6. The van der Waals surface area contributed by atoms with Crippen LogP contribution in [0.2, 0.25) is 0 Å². The van der Waals surface area contributed by atoms with Gasteiger partial charge in [0.1, 0.15) is 36.6 Å². The number of halogens is 2. The van der Waals surface area contributed by atoms with Crippen LogP contribution in [0.4, 0.5) is 8.78 Å². The molecule has 3 fully saturated rings. The molecule has 3 heterocycles. The van der Waals surface area contributed by atoms with Gasteiger partial charge in [-0.25, -0.2) is 4.79 Å². The number of hydrogen-bond acceptors (Lipinski definition) is 8. The Morgan fingerprint density at radius 2 is 1.87 bits per heavy atom. The van der Waals surface area contributed by atoms with Gasteiger partial charge >= 0.3 is 17.9 Å². The van der Waals surface area contributed by atoms with Gasteiger partial charge in [0.25, 0.3) is 10.1 Å². The molecule has 0 amide bonds. The Hall–Kier alpha value is -1.33. The summed E-state index contributed by atoms with van der Waals surface area (Å²) in [6.07, 6.45) is -2.06. The predicted octanol–water partition coefficient (Wildman–Crippen LogP) is -0.387. The van der Waals surface area contributed by atoms with Gasteiger partial charge in [0.05, 0.1) is 6.10 Å². The van der Waals surface area contributed by atoms with E-state index in [-0.39, 0.29) is 6.42 Å². The third kappa shape index (κ3) is 2.81. The smallest absolute Gasteiger partial charge is 0.376 e. The molecule has 3 rings (SSSR count). The van der Waals surface area contributed by atoms with E-state index < -0.39 is 70.7 Å². The number of rotatable bonds is 5. The Labute approximate surface area is 130 Å². The second-order valence-corrected chi connectivity index (χ2v) is 7.47. The van der Waals surface area contributed by atoms with Crippen LogP contribution >= 0.6 is 0 Å². The average Bonchev–Trinajstić information content (AvgIpc) is 3.03. The van der Waals surface area contributed by atoms with Crippen LogP contribution in [0.3, 0.4) is 0 Å². The van der Waals surface area contributed by atoms with Crippen molar-refractivity contribution in [2.75, 3.05) is 13.2 Å². The zero-order chi connectivity index (χ0) is 17.0. The topological polar surface area (TPSA) is 105 Å². The molecule has 130 valence electrons. The van der Waals surface area contributed by atoms with E-state index in [4.69, 9.17) is 13.7 Å². The Morgan fingerprint density at radius 3 is 2.52 bits per heavy atom. The molecule has 5 atom stereocenters. The van der Waals surface area contributed by atoms with Crippen molar-refractivity contribution in [2.45, 2.75) is 42.8 Å². The molecule has 0 aromatic heterocycles. The number of alkyl halides is 2. The first-order chi connectivity index (χ1) is 10.6. The summed E-state index contributed by atoms with van der Waals surface area (Å²) in [4.78, 5) is 22.8. The molecular weight excluding hydrogens is 342 g/mol. The Morgan fingerprint density at radius 1 is 1.22 bits per heavy atom. The molecular formula is C12H14F2O8S. The molecule has 0 radical (unpaired) electrons. The molecule has 3 aliphatic heterocycles. The standard InChI is InChI=1S/C12H14F2O8S/c1-12(13,14)11(16)20-3-2-19-10(15)7-5-4-6-8(21-5)9(7)22-23(6,17)18/h5-9H,2-4H2,1H3. The lowest BCUT2D eigenvalue weighted by molar-refractivity contribution is -0.173. The van der Waals surface area contributed by atoms with Gasteiger partial charge in [-0.05, 0) is 6.42 Å². The van der Waals surface area contributed by atoms with E-state index >= 15 is 0 Å². The van der Waals surface area contributed by atoms with Gasteiger partial charge in [-0.3, -0.25) is 8.98 Å². The van der Waals surface area contributed by atoms with Crippen molar-refractivity contribution in [1.29, 1.82) is 0 Å². The Bertz CT molecular complexity index is 627. The van der Waals surface area contributed by atoms with E-state index in [2.05, 4.69) is 4.74 Å².